The van der Waals surface area contributed by atoms with Crippen molar-refractivity contribution in [2.75, 3.05) is 6.54 Å². The summed E-state index contributed by atoms with van der Waals surface area (Å²) in [6, 6.07) is 10.1. The Bertz CT molecular complexity index is 546. The van der Waals surface area contributed by atoms with Gasteiger partial charge in [-0.3, -0.25) is 0 Å². The summed E-state index contributed by atoms with van der Waals surface area (Å²) in [5.41, 5.74) is 2.37. The van der Waals surface area contributed by atoms with E-state index < -0.39 is 0 Å². The average molecular weight is 273 g/mol. The van der Waals surface area contributed by atoms with Crippen LogP contribution in [0.15, 0.2) is 34.7 Å². The molecule has 0 spiro atoms. The van der Waals surface area contributed by atoms with Crippen LogP contribution in [0.4, 0.5) is 0 Å². The van der Waals surface area contributed by atoms with Crippen LogP contribution in [0.5, 0.6) is 5.75 Å². The van der Waals surface area contributed by atoms with Gasteiger partial charge in [0.2, 0.25) is 0 Å². The standard InChI is InChI=1S/C17H23NO2/c1-4-8-18-11-17-14(3)10-16(20-17)12-19-15-7-5-6-13(2)9-15/h5-7,9-10,18H,4,8,11-12H2,1-3H3. The summed E-state index contributed by atoms with van der Waals surface area (Å²) in [7, 11) is 0. The smallest absolute Gasteiger partial charge is 0.146 e. The van der Waals surface area contributed by atoms with Crippen LogP contribution in [-0.4, -0.2) is 6.54 Å². The van der Waals surface area contributed by atoms with E-state index in [2.05, 4.69) is 38.2 Å². The second-order valence-electron chi connectivity index (χ2n) is 5.10. The van der Waals surface area contributed by atoms with E-state index in [0.717, 1.165) is 36.8 Å². The van der Waals surface area contributed by atoms with Gasteiger partial charge < -0.3 is 14.5 Å². The molecule has 0 saturated carbocycles. The molecule has 0 saturated heterocycles. The van der Waals surface area contributed by atoms with Gasteiger partial charge in [0.1, 0.15) is 23.9 Å². The normalized spacial score (nSPS) is 10.8. The molecule has 1 heterocycles. The van der Waals surface area contributed by atoms with Crippen molar-refractivity contribution in [1.82, 2.24) is 5.32 Å². The third kappa shape index (κ3) is 4.14. The van der Waals surface area contributed by atoms with Gasteiger partial charge >= 0.3 is 0 Å². The van der Waals surface area contributed by atoms with Crippen molar-refractivity contribution in [3.8, 4) is 5.75 Å². The summed E-state index contributed by atoms with van der Waals surface area (Å²) in [6.07, 6.45) is 1.13. The molecule has 20 heavy (non-hydrogen) atoms. The van der Waals surface area contributed by atoms with Crippen LogP contribution in [0, 0.1) is 13.8 Å². The molecule has 1 aromatic heterocycles. The van der Waals surface area contributed by atoms with Gasteiger partial charge in [-0.15, -0.1) is 0 Å². The highest BCUT2D eigenvalue weighted by Gasteiger charge is 2.07. The quantitative estimate of drug-likeness (QED) is 0.775. The lowest BCUT2D eigenvalue weighted by atomic mass is 10.2. The lowest BCUT2D eigenvalue weighted by Gasteiger charge is -2.05. The third-order valence-corrected chi connectivity index (χ3v) is 3.15. The average Bonchev–Trinajstić information content (AvgIpc) is 2.78. The van der Waals surface area contributed by atoms with E-state index in [4.69, 9.17) is 9.15 Å². The van der Waals surface area contributed by atoms with Gasteiger partial charge in [-0.25, -0.2) is 0 Å². The molecule has 108 valence electrons. The summed E-state index contributed by atoms with van der Waals surface area (Å²) in [4.78, 5) is 0. The van der Waals surface area contributed by atoms with E-state index in [1.165, 1.54) is 11.1 Å². The first-order chi connectivity index (χ1) is 9.69. The first-order valence-electron chi connectivity index (χ1n) is 7.17. The van der Waals surface area contributed by atoms with Crippen LogP contribution in [0.1, 0.15) is 36.0 Å². The Morgan fingerprint density at radius 3 is 2.80 bits per heavy atom. The fraction of sp³-hybridized carbons (Fsp3) is 0.412. The molecule has 0 aliphatic rings. The number of hydrogen-bond acceptors (Lipinski definition) is 3. The first kappa shape index (κ1) is 14.7. The van der Waals surface area contributed by atoms with Crippen molar-refractivity contribution in [3.05, 3.63) is 53.0 Å². The Kier molecular flexibility index (Phi) is 5.24. The van der Waals surface area contributed by atoms with E-state index in [1.54, 1.807) is 0 Å². The largest absolute Gasteiger partial charge is 0.486 e. The molecule has 0 amide bonds. The highest BCUT2D eigenvalue weighted by Crippen LogP contribution is 2.18. The number of aryl methyl sites for hydroxylation is 2. The van der Waals surface area contributed by atoms with Crippen LogP contribution < -0.4 is 10.1 Å². The lowest BCUT2D eigenvalue weighted by molar-refractivity contribution is 0.265. The van der Waals surface area contributed by atoms with Crippen LogP contribution in [-0.2, 0) is 13.2 Å². The molecule has 2 rings (SSSR count). The molecule has 0 atom stereocenters. The molecule has 3 heteroatoms. The Morgan fingerprint density at radius 1 is 1.20 bits per heavy atom. The van der Waals surface area contributed by atoms with E-state index >= 15 is 0 Å². The van der Waals surface area contributed by atoms with Gasteiger partial charge in [0.25, 0.3) is 0 Å². The zero-order chi connectivity index (χ0) is 14.4. The lowest BCUT2D eigenvalue weighted by Crippen LogP contribution is -2.13. The van der Waals surface area contributed by atoms with Gasteiger partial charge in [0.05, 0.1) is 6.54 Å². The highest BCUT2D eigenvalue weighted by atomic mass is 16.5. The van der Waals surface area contributed by atoms with Gasteiger partial charge in [0, 0.05) is 0 Å². The Balaban J connectivity index is 1.91. The zero-order valence-electron chi connectivity index (χ0n) is 12.5. The Labute approximate surface area is 121 Å². The van der Waals surface area contributed by atoms with E-state index in [-0.39, 0.29) is 0 Å². The Morgan fingerprint density at radius 2 is 2.05 bits per heavy atom. The van der Waals surface area contributed by atoms with Gasteiger partial charge in [0.15, 0.2) is 0 Å². The van der Waals surface area contributed by atoms with E-state index in [1.807, 2.05) is 18.2 Å². The van der Waals surface area contributed by atoms with Crippen molar-refractivity contribution in [1.29, 1.82) is 0 Å². The number of ether oxygens (including phenoxy) is 1. The molecule has 1 N–H and O–H groups in total. The topological polar surface area (TPSA) is 34.4 Å². The molecule has 0 bridgehead atoms. The molecule has 3 nitrogen and oxygen atoms in total. The number of nitrogens with one attached hydrogen (secondary N) is 1. The molecule has 0 unspecified atom stereocenters. The second kappa shape index (κ2) is 7.15. The molecule has 0 radical (unpaired) electrons. The molecule has 2 aromatic rings. The SMILES string of the molecule is CCCNCc1oc(COc2cccc(C)c2)cc1C. The van der Waals surface area contributed by atoms with E-state index in [9.17, 15) is 0 Å². The Hall–Kier alpha value is -1.74. The fourth-order valence-electron chi connectivity index (χ4n) is 2.08. The van der Waals surface area contributed by atoms with E-state index in [0.29, 0.717) is 6.61 Å². The number of hydrogen-bond donors (Lipinski definition) is 1. The summed E-state index contributed by atoms with van der Waals surface area (Å²) in [5, 5.41) is 3.35. The summed E-state index contributed by atoms with van der Waals surface area (Å²) >= 11 is 0. The van der Waals surface area contributed by atoms with Crippen LogP contribution in [0.25, 0.3) is 0 Å². The van der Waals surface area contributed by atoms with Crippen molar-refractivity contribution in [3.63, 3.8) is 0 Å². The first-order valence-corrected chi connectivity index (χ1v) is 7.17. The molecule has 0 fully saturated rings. The van der Waals surface area contributed by atoms with Crippen LogP contribution in [0.3, 0.4) is 0 Å². The summed E-state index contributed by atoms with van der Waals surface area (Å²) in [5.74, 6) is 2.75. The van der Waals surface area contributed by atoms with Gasteiger partial charge in [-0.05, 0) is 56.1 Å². The molecule has 1 aromatic carbocycles. The van der Waals surface area contributed by atoms with Gasteiger partial charge in [-0.1, -0.05) is 19.1 Å². The maximum absolute atomic E-state index is 5.83. The summed E-state index contributed by atoms with van der Waals surface area (Å²) in [6.45, 7) is 8.55. The number of rotatable bonds is 7. The summed E-state index contributed by atoms with van der Waals surface area (Å²) < 4.78 is 11.6. The third-order valence-electron chi connectivity index (χ3n) is 3.15. The minimum Gasteiger partial charge on any atom is -0.486 e. The number of furan rings is 1. The minimum absolute atomic E-state index is 0.470. The number of benzene rings is 1. The highest BCUT2D eigenvalue weighted by molar-refractivity contribution is 5.28. The molecule has 0 aliphatic carbocycles. The minimum atomic E-state index is 0.470. The maximum Gasteiger partial charge on any atom is 0.146 e. The second-order valence-corrected chi connectivity index (χ2v) is 5.10. The molecular weight excluding hydrogens is 250 g/mol. The predicted molar refractivity (Wildman–Crippen MR) is 81.0 cm³/mol. The molecule has 0 aliphatic heterocycles. The van der Waals surface area contributed by atoms with Crippen molar-refractivity contribution in [2.24, 2.45) is 0 Å². The van der Waals surface area contributed by atoms with Gasteiger partial charge in [-0.2, -0.15) is 0 Å². The monoisotopic (exact) mass is 273 g/mol. The van der Waals surface area contributed by atoms with Crippen molar-refractivity contribution >= 4 is 0 Å². The van der Waals surface area contributed by atoms with Crippen molar-refractivity contribution in [2.45, 2.75) is 40.3 Å². The zero-order valence-corrected chi connectivity index (χ0v) is 12.5. The molecular formula is C17H23NO2. The fourth-order valence-corrected chi connectivity index (χ4v) is 2.08. The predicted octanol–water partition coefficient (Wildman–Crippen LogP) is 3.98. The maximum atomic E-state index is 5.83. The van der Waals surface area contributed by atoms with Crippen molar-refractivity contribution < 1.29 is 9.15 Å². The van der Waals surface area contributed by atoms with Crippen LogP contribution >= 0.6 is 0 Å². The van der Waals surface area contributed by atoms with Crippen LogP contribution in [0.2, 0.25) is 0 Å².